The molecule has 55 heavy (non-hydrogen) atoms. The number of hydrogen-bond donors (Lipinski definition) is 0. The molecule has 1 spiro atoms. The van der Waals surface area contributed by atoms with E-state index in [-0.39, 0.29) is 0 Å². The van der Waals surface area contributed by atoms with Crippen molar-refractivity contribution in [2.24, 2.45) is 0 Å². The molecular weight excluding hydrogens is 667 g/mol. The highest BCUT2D eigenvalue weighted by Gasteiger charge is 2.51. The minimum atomic E-state index is -0.390. The molecule has 0 bridgehead atoms. The maximum Gasteiger partial charge on any atom is 0.135 e. The normalized spacial score (nSPS) is 13.6. The third-order valence-electron chi connectivity index (χ3n) is 12.6. The van der Waals surface area contributed by atoms with Gasteiger partial charge in [0.2, 0.25) is 0 Å². The van der Waals surface area contributed by atoms with Gasteiger partial charge in [-0.15, -0.1) is 0 Å². The summed E-state index contributed by atoms with van der Waals surface area (Å²) in [6, 6.07) is 69.4. The van der Waals surface area contributed by atoms with E-state index in [0.717, 1.165) is 21.9 Å². The van der Waals surface area contributed by atoms with Gasteiger partial charge in [-0.1, -0.05) is 133 Å². The van der Waals surface area contributed by atoms with Crippen LogP contribution in [0, 0.1) is 0 Å². The van der Waals surface area contributed by atoms with Gasteiger partial charge in [0, 0.05) is 27.2 Å². The maximum absolute atomic E-state index is 6.75. The quantitative estimate of drug-likeness (QED) is 0.176. The molecule has 254 valence electrons. The molecule has 9 aromatic carbocycles. The van der Waals surface area contributed by atoms with Crippen LogP contribution in [-0.2, 0) is 5.41 Å². The zero-order valence-electron chi connectivity index (χ0n) is 29.8. The van der Waals surface area contributed by atoms with Gasteiger partial charge in [-0.25, -0.2) is 0 Å². The van der Waals surface area contributed by atoms with Crippen molar-refractivity contribution >= 4 is 54.5 Å². The predicted molar refractivity (Wildman–Crippen MR) is 227 cm³/mol. The summed E-state index contributed by atoms with van der Waals surface area (Å²) in [4.78, 5) is 0. The van der Waals surface area contributed by atoms with Crippen LogP contribution in [0.5, 0.6) is 0 Å². The van der Waals surface area contributed by atoms with Gasteiger partial charge >= 0.3 is 0 Å². The molecular formula is C53H31NO. The lowest BCUT2D eigenvalue weighted by molar-refractivity contribution is 0.666. The van der Waals surface area contributed by atoms with Crippen LogP contribution >= 0.6 is 0 Å². The van der Waals surface area contributed by atoms with Crippen LogP contribution in [0.1, 0.15) is 22.3 Å². The predicted octanol–water partition coefficient (Wildman–Crippen LogP) is 13.8. The van der Waals surface area contributed by atoms with E-state index in [1.807, 2.05) is 0 Å². The van der Waals surface area contributed by atoms with E-state index in [0.29, 0.717) is 0 Å². The van der Waals surface area contributed by atoms with Crippen molar-refractivity contribution in [2.45, 2.75) is 5.41 Å². The second-order valence-corrected chi connectivity index (χ2v) is 15.2. The first-order valence-corrected chi connectivity index (χ1v) is 19.1. The van der Waals surface area contributed by atoms with E-state index in [1.54, 1.807) is 0 Å². The Hall–Kier alpha value is -7.16. The van der Waals surface area contributed by atoms with Crippen LogP contribution < -0.4 is 0 Å². The minimum Gasteiger partial charge on any atom is -0.456 e. The van der Waals surface area contributed by atoms with E-state index in [1.165, 1.54) is 93.9 Å². The van der Waals surface area contributed by atoms with Crippen molar-refractivity contribution in [3.63, 3.8) is 0 Å². The summed E-state index contributed by atoms with van der Waals surface area (Å²) in [5.41, 5.74) is 17.9. The van der Waals surface area contributed by atoms with Crippen molar-refractivity contribution < 1.29 is 4.42 Å². The summed E-state index contributed by atoms with van der Waals surface area (Å²) in [7, 11) is 0. The van der Waals surface area contributed by atoms with Gasteiger partial charge in [0.15, 0.2) is 0 Å². The van der Waals surface area contributed by atoms with Crippen molar-refractivity contribution in [1.29, 1.82) is 0 Å². The van der Waals surface area contributed by atoms with Crippen molar-refractivity contribution in [2.75, 3.05) is 0 Å². The van der Waals surface area contributed by atoms with Crippen LogP contribution in [0.4, 0.5) is 0 Å². The summed E-state index contributed by atoms with van der Waals surface area (Å²) in [6.07, 6.45) is 0. The molecule has 0 N–H and O–H groups in total. The van der Waals surface area contributed by atoms with E-state index in [4.69, 9.17) is 4.42 Å². The van der Waals surface area contributed by atoms with Crippen molar-refractivity contribution in [3.05, 3.63) is 210 Å². The number of fused-ring (bicyclic) bond motifs is 17. The fourth-order valence-corrected chi connectivity index (χ4v) is 10.3. The highest BCUT2D eigenvalue weighted by Crippen LogP contribution is 2.63. The van der Waals surface area contributed by atoms with Gasteiger partial charge in [-0.2, -0.15) is 0 Å². The van der Waals surface area contributed by atoms with Gasteiger partial charge in [-0.05, 0) is 121 Å². The highest BCUT2D eigenvalue weighted by atomic mass is 16.3. The van der Waals surface area contributed by atoms with Crippen LogP contribution in [-0.4, -0.2) is 4.57 Å². The SMILES string of the molecule is c1ccc2c(c1)-c1ccccc1C21c2ccccc2-c2cc3c(cc21)oc1ccc(-c2ccc4c(c2)c2ccccc2n4-c2ccc4ccccc4c2)cc13. The summed E-state index contributed by atoms with van der Waals surface area (Å²) >= 11 is 0. The molecule has 0 unspecified atom stereocenters. The molecule has 0 atom stereocenters. The number of rotatable bonds is 2. The molecule has 2 aliphatic carbocycles. The van der Waals surface area contributed by atoms with Crippen LogP contribution in [0.25, 0.3) is 93.6 Å². The highest BCUT2D eigenvalue weighted by molar-refractivity contribution is 6.12. The average molecular weight is 698 g/mol. The number of para-hydroxylation sites is 1. The van der Waals surface area contributed by atoms with E-state index in [2.05, 4.69) is 193 Å². The lowest BCUT2D eigenvalue weighted by Crippen LogP contribution is -2.25. The molecule has 2 aromatic heterocycles. The summed E-state index contributed by atoms with van der Waals surface area (Å²) < 4.78 is 9.16. The van der Waals surface area contributed by atoms with Gasteiger partial charge in [0.25, 0.3) is 0 Å². The van der Waals surface area contributed by atoms with Gasteiger partial charge in [-0.3, -0.25) is 0 Å². The first-order chi connectivity index (χ1) is 27.3. The molecule has 0 saturated heterocycles. The molecule has 0 fully saturated rings. The molecule has 2 nitrogen and oxygen atoms in total. The van der Waals surface area contributed by atoms with Gasteiger partial charge in [0.1, 0.15) is 11.2 Å². The van der Waals surface area contributed by atoms with E-state index in [9.17, 15) is 0 Å². The number of aromatic nitrogens is 1. The Bertz CT molecular complexity index is 3400. The first-order valence-electron chi connectivity index (χ1n) is 19.1. The van der Waals surface area contributed by atoms with Crippen molar-refractivity contribution in [1.82, 2.24) is 4.57 Å². The Labute approximate surface area is 317 Å². The molecule has 0 saturated carbocycles. The molecule has 13 rings (SSSR count). The summed E-state index contributed by atoms with van der Waals surface area (Å²) in [6.45, 7) is 0. The van der Waals surface area contributed by atoms with Crippen LogP contribution in [0.3, 0.4) is 0 Å². The lowest BCUT2D eigenvalue weighted by atomic mass is 9.70. The van der Waals surface area contributed by atoms with Crippen LogP contribution in [0.15, 0.2) is 192 Å². The molecule has 2 aliphatic rings. The fraction of sp³-hybridized carbons (Fsp3) is 0.0189. The molecule has 0 amide bonds. The Morgan fingerprint density at radius 3 is 1.69 bits per heavy atom. The monoisotopic (exact) mass is 697 g/mol. The second-order valence-electron chi connectivity index (χ2n) is 15.2. The Morgan fingerprint density at radius 1 is 0.345 bits per heavy atom. The molecule has 0 aliphatic heterocycles. The summed E-state index contributed by atoms with van der Waals surface area (Å²) in [5, 5.41) is 7.27. The number of furan rings is 1. The molecule has 2 heteroatoms. The van der Waals surface area contributed by atoms with Gasteiger partial charge < -0.3 is 8.98 Å². The zero-order valence-corrected chi connectivity index (χ0v) is 29.8. The Kier molecular flexibility index (Phi) is 5.59. The minimum absolute atomic E-state index is 0.390. The van der Waals surface area contributed by atoms with Crippen LogP contribution in [0.2, 0.25) is 0 Å². The smallest absolute Gasteiger partial charge is 0.135 e. The van der Waals surface area contributed by atoms with E-state index < -0.39 is 5.41 Å². The second kappa shape index (κ2) is 10.5. The lowest BCUT2D eigenvalue weighted by Gasteiger charge is -2.30. The summed E-state index contributed by atoms with van der Waals surface area (Å²) in [5.74, 6) is 0. The number of benzene rings is 9. The topological polar surface area (TPSA) is 18.1 Å². The number of nitrogens with zero attached hydrogens (tertiary/aromatic N) is 1. The number of hydrogen-bond acceptors (Lipinski definition) is 1. The molecule has 11 aromatic rings. The zero-order chi connectivity index (χ0) is 35.8. The average Bonchev–Trinajstić information content (AvgIpc) is 3.95. The molecule has 0 radical (unpaired) electrons. The standard InChI is InChI=1S/C53H31NO/c1-2-12-33-27-36(24-21-32(33)11-1)54-49-20-10-6-16-40(49)42-28-34(22-25-50(42)54)35-23-26-51-43(29-35)44-30-41-39-15-5-9-19-47(39)53(48(41)31-52(44)55-51)45-17-7-3-13-37(45)38-14-4-8-18-46(38)53/h1-31H. The first kappa shape index (κ1) is 29.3. The Morgan fingerprint density at radius 2 is 0.927 bits per heavy atom. The van der Waals surface area contributed by atoms with Crippen molar-refractivity contribution in [3.8, 4) is 39.1 Å². The van der Waals surface area contributed by atoms with E-state index >= 15 is 0 Å². The Balaban J connectivity index is 1.00. The molecule has 2 heterocycles. The fourth-order valence-electron chi connectivity index (χ4n) is 10.3. The third-order valence-corrected chi connectivity index (χ3v) is 12.6. The third kappa shape index (κ3) is 3.73. The largest absolute Gasteiger partial charge is 0.456 e. The maximum atomic E-state index is 6.75. The van der Waals surface area contributed by atoms with Gasteiger partial charge in [0.05, 0.1) is 16.4 Å².